The van der Waals surface area contributed by atoms with Crippen molar-refractivity contribution in [3.8, 4) is 0 Å². The van der Waals surface area contributed by atoms with Gasteiger partial charge >= 0.3 is 0 Å². The molecule has 5 rings (SSSR count). The Bertz CT molecular complexity index is 897. The van der Waals surface area contributed by atoms with Crippen LogP contribution >= 0.6 is 0 Å². The van der Waals surface area contributed by atoms with E-state index in [1.54, 1.807) is 6.20 Å². The van der Waals surface area contributed by atoms with E-state index in [2.05, 4.69) is 29.0 Å². The summed E-state index contributed by atoms with van der Waals surface area (Å²) < 4.78 is 6.35. The molecule has 0 bridgehead atoms. The highest BCUT2D eigenvalue weighted by molar-refractivity contribution is 5.94. The monoisotopic (exact) mass is 394 g/mol. The Morgan fingerprint density at radius 3 is 2.59 bits per heavy atom. The molecule has 29 heavy (non-hydrogen) atoms. The molecule has 0 N–H and O–H groups in total. The van der Waals surface area contributed by atoms with Crippen LogP contribution < -0.4 is 0 Å². The maximum absolute atomic E-state index is 13.1. The molecule has 6 nitrogen and oxygen atoms in total. The minimum atomic E-state index is 0.00880. The van der Waals surface area contributed by atoms with Gasteiger partial charge in [0.2, 0.25) is 0 Å². The Balaban J connectivity index is 1.29. The second-order valence-electron chi connectivity index (χ2n) is 9.29. The van der Waals surface area contributed by atoms with Gasteiger partial charge in [0.05, 0.1) is 23.3 Å². The van der Waals surface area contributed by atoms with Crippen LogP contribution in [0.15, 0.2) is 30.5 Å². The average Bonchev–Trinajstić information content (AvgIpc) is 3.47. The van der Waals surface area contributed by atoms with Crippen LogP contribution in [0.4, 0.5) is 0 Å². The fourth-order valence-corrected chi connectivity index (χ4v) is 5.04. The van der Waals surface area contributed by atoms with Crippen molar-refractivity contribution in [2.24, 2.45) is 17.8 Å². The molecule has 1 saturated heterocycles. The first-order chi connectivity index (χ1) is 14.1. The van der Waals surface area contributed by atoms with Gasteiger partial charge in [0.25, 0.3) is 5.91 Å². The molecule has 2 heterocycles. The number of fused-ring (bicyclic) bond motifs is 2. The predicted octanol–water partition coefficient (Wildman–Crippen LogP) is 2.84. The van der Waals surface area contributed by atoms with Crippen LogP contribution in [0.1, 0.15) is 36.2 Å². The normalized spacial score (nSPS) is 29.4. The Morgan fingerprint density at radius 1 is 1.14 bits per heavy atom. The van der Waals surface area contributed by atoms with E-state index in [0.717, 1.165) is 49.5 Å². The molecule has 1 aliphatic heterocycles. The first-order valence-electron chi connectivity index (χ1n) is 10.9. The maximum Gasteiger partial charge on any atom is 0.274 e. The number of ether oxygens (including phenoxy) is 1. The zero-order valence-corrected chi connectivity index (χ0v) is 17.3. The molecule has 1 aromatic carbocycles. The van der Waals surface area contributed by atoms with Gasteiger partial charge in [-0.05, 0) is 69.7 Å². The number of hydrogen-bond acceptors (Lipinski definition) is 5. The standard InChI is InChI=1S/C23H30N4O2/c1-26(2)21-9-16-12-27(13-17(16)10-22(21)29-14-15-7-8-15)23(28)20-11-24-18-5-3-4-6-19(18)25-20/h3-6,11,15-17,21-22H,7-10,12-14H2,1-2H3/t16-,17+,21-,22-/m1/s1. The molecule has 3 fully saturated rings. The zero-order valence-electron chi connectivity index (χ0n) is 17.3. The number of aromatic nitrogens is 2. The quantitative estimate of drug-likeness (QED) is 0.781. The highest BCUT2D eigenvalue weighted by atomic mass is 16.5. The van der Waals surface area contributed by atoms with E-state index in [0.29, 0.717) is 23.6 Å². The molecule has 2 aromatic rings. The van der Waals surface area contributed by atoms with Crippen LogP contribution in [-0.4, -0.2) is 71.6 Å². The van der Waals surface area contributed by atoms with Crippen molar-refractivity contribution in [2.45, 2.75) is 37.8 Å². The predicted molar refractivity (Wildman–Crippen MR) is 112 cm³/mol. The third-order valence-electron chi connectivity index (χ3n) is 6.95. The van der Waals surface area contributed by atoms with Crippen LogP contribution in [-0.2, 0) is 4.74 Å². The molecule has 2 saturated carbocycles. The molecular weight excluding hydrogens is 364 g/mol. The Kier molecular flexibility index (Phi) is 5.00. The van der Waals surface area contributed by atoms with Crippen LogP contribution in [0.5, 0.6) is 0 Å². The molecule has 154 valence electrons. The molecule has 2 aliphatic carbocycles. The first kappa shape index (κ1) is 18.9. The van der Waals surface area contributed by atoms with E-state index in [1.807, 2.05) is 29.2 Å². The number of likely N-dealkylation sites (N-methyl/N-ethyl adjacent to an activating group) is 1. The third kappa shape index (κ3) is 3.88. The molecular formula is C23H30N4O2. The number of benzene rings is 1. The molecule has 1 aromatic heterocycles. The number of likely N-dealkylation sites (tertiary alicyclic amines) is 1. The van der Waals surface area contributed by atoms with Gasteiger partial charge < -0.3 is 14.5 Å². The first-order valence-corrected chi connectivity index (χ1v) is 10.9. The number of nitrogens with zero attached hydrogens (tertiary/aromatic N) is 4. The summed E-state index contributed by atoms with van der Waals surface area (Å²) in [6, 6.07) is 8.13. The highest BCUT2D eigenvalue weighted by Gasteiger charge is 2.45. The number of carbonyl (C=O) groups is 1. The molecule has 1 amide bonds. The van der Waals surface area contributed by atoms with Gasteiger partial charge in [0, 0.05) is 25.7 Å². The van der Waals surface area contributed by atoms with Gasteiger partial charge in [-0.25, -0.2) is 4.98 Å². The number of rotatable bonds is 5. The molecule has 6 heteroatoms. The van der Waals surface area contributed by atoms with Gasteiger partial charge in [-0.3, -0.25) is 9.78 Å². The lowest BCUT2D eigenvalue weighted by Crippen LogP contribution is -2.48. The van der Waals surface area contributed by atoms with Crippen molar-refractivity contribution in [2.75, 3.05) is 33.8 Å². The van der Waals surface area contributed by atoms with Crippen molar-refractivity contribution >= 4 is 16.9 Å². The maximum atomic E-state index is 13.1. The summed E-state index contributed by atoms with van der Waals surface area (Å²) >= 11 is 0. The summed E-state index contributed by atoms with van der Waals surface area (Å²) in [4.78, 5) is 26.4. The fourth-order valence-electron chi connectivity index (χ4n) is 5.04. The van der Waals surface area contributed by atoms with Gasteiger partial charge in [0.1, 0.15) is 5.69 Å². The smallest absolute Gasteiger partial charge is 0.274 e. The summed E-state index contributed by atoms with van der Waals surface area (Å²) in [7, 11) is 4.31. The third-order valence-corrected chi connectivity index (χ3v) is 6.95. The second-order valence-corrected chi connectivity index (χ2v) is 9.29. The lowest BCUT2D eigenvalue weighted by atomic mass is 9.77. The van der Waals surface area contributed by atoms with Crippen molar-refractivity contribution in [3.05, 3.63) is 36.2 Å². The molecule has 3 aliphatic rings. The molecule has 0 radical (unpaired) electrons. The summed E-state index contributed by atoms with van der Waals surface area (Å²) in [5, 5.41) is 0. The average molecular weight is 395 g/mol. The second kappa shape index (κ2) is 7.65. The molecule has 0 unspecified atom stereocenters. The van der Waals surface area contributed by atoms with E-state index >= 15 is 0 Å². The van der Waals surface area contributed by atoms with Crippen LogP contribution in [0.2, 0.25) is 0 Å². The topological polar surface area (TPSA) is 58.6 Å². The Labute approximate surface area is 172 Å². The lowest BCUT2D eigenvalue weighted by Gasteiger charge is -2.41. The number of carbonyl (C=O) groups excluding carboxylic acids is 1. The van der Waals surface area contributed by atoms with Crippen molar-refractivity contribution in [1.82, 2.24) is 19.8 Å². The van der Waals surface area contributed by atoms with E-state index in [1.165, 1.54) is 12.8 Å². The SMILES string of the molecule is CN(C)[C@@H]1C[C@@H]2CN(C(=O)c3cnc4ccccc4n3)C[C@@H]2C[C@H]1OCC1CC1. The molecule has 4 atom stereocenters. The van der Waals surface area contributed by atoms with Crippen LogP contribution in [0.25, 0.3) is 11.0 Å². The van der Waals surface area contributed by atoms with Crippen LogP contribution in [0.3, 0.4) is 0 Å². The van der Waals surface area contributed by atoms with E-state index in [-0.39, 0.29) is 12.0 Å². The van der Waals surface area contributed by atoms with Gasteiger partial charge in [-0.15, -0.1) is 0 Å². The summed E-state index contributed by atoms with van der Waals surface area (Å²) in [6.07, 6.45) is 6.69. The van der Waals surface area contributed by atoms with Crippen LogP contribution in [0, 0.1) is 17.8 Å². The van der Waals surface area contributed by atoms with Crippen molar-refractivity contribution < 1.29 is 9.53 Å². The van der Waals surface area contributed by atoms with Crippen molar-refractivity contribution in [1.29, 1.82) is 0 Å². The highest BCUT2D eigenvalue weighted by Crippen LogP contribution is 2.40. The minimum Gasteiger partial charge on any atom is -0.376 e. The van der Waals surface area contributed by atoms with Gasteiger partial charge in [-0.2, -0.15) is 0 Å². The number of hydrogen-bond donors (Lipinski definition) is 0. The number of para-hydroxylation sites is 2. The zero-order chi connectivity index (χ0) is 20.0. The van der Waals surface area contributed by atoms with Gasteiger partial charge in [0.15, 0.2) is 0 Å². The number of amides is 1. The fraction of sp³-hybridized carbons (Fsp3) is 0.609. The molecule has 0 spiro atoms. The summed E-state index contributed by atoms with van der Waals surface area (Å²) in [6.45, 7) is 2.53. The summed E-state index contributed by atoms with van der Waals surface area (Å²) in [5.41, 5.74) is 2.05. The van der Waals surface area contributed by atoms with E-state index in [4.69, 9.17) is 4.74 Å². The van der Waals surface area contributed by atoms with Gasteiger partial charge in [-0.1, -0.05) is 12.1 Å². The largest absolute Gasteiger partial charge is 0.376 e. The lowest BCUT2D eigenvalue weighted by molar-refractivity contribution is -0.0493. The Morgan fingerprint density at radius 2 is 1.86 bits per heavy atom. The van der Waals surface area contributed by atoms with E-state index in [9.17, 15) is 4.79 Å². The van der Waals surface area contributed by atoms with E-state index < -0.39 is 0 Å². The van der Waals surface area contributed by atoms with Crippen molar-refractivity contribution in [3.63, 3.8) is 0 Å². The minimum absolute atomic E-state index is 0.00880. The Hall–Kier alpha value is -2.05. The summed E-state index contributed by atoms with van der Waals surface area (Å²) in [5.74, 6) is 1.85.